The highest BCUT2D eigenvalue weighted by Gasteiger charge is 2.38. The van der Waals surface area contributed by atoms with Gasteiger partial charge in [-0.2, -0.15) is 0 Å². The number of carbonyl (C=O) groups excluding carboxylic acids is 3. The van der Waals surface area contributed by atoms with Crippen LogP contribution in [0.1, 0.15) is 105 Å². The summed E-state index contributed by atoms with van der Waals surface area (Å²) in [5.74, 6) is -2.58. The van der Waals surface area contributed by atoms with Crippen LogP contribution in [0.2, 0.25) is 0 Å². The summed E-state index contributed by atoms with van der Waals surface area (Å²) in [5.41, 5.74) is 1.82. The number of thiazole rings is 1. The maximum atomic E-state index is 14.4. The van der Waals surface area contributed by atoms with Crippen LogP contribution >= 0.6 is 11.3 Å². The second kappa shape index (κ2) is 18.2. The normalized spacial score (nSPS) is 21.8. The number of nitrogens with zero attached hydrogens (tertiary/aromatic N) is 3. The monoisotopic (exact) mass is 713 g/mol. The molecule has 1 saturated heterocycles. The average molecular weight is 714 g/mol. The molecule has 1 aromatic heterocycles. The molecule has 0 spiro atoms. The molecule has 13 heteroatoms. The van der Waals surface area contributed by atoms with Crippen molar-refractivity contribution < 1.29 is 34.1 Å². The van der Waals surface area contributed by atoms with Gasteiger partial charge in [-0.25, -0.2) is 4.98 Å². The average Bonchev–Trinajstić information content (AvgIpc) is 3.60. The number of likely N-dealkylation sites (tertiary alicyclic amines) is 1. The summed E-state index contributed by atoms with van der Waals surface area (Å²) in [6.45, 7) is 9.36. The van der Waals surface area contributed by atoms with Gasteiger partial charge in [0, 0.05) is 37.5 Å². The third kappa shape index (κ3) is 9.68. The van der Waals surface area contributed by atoms with Crippen LogP contribution in [0.25, 0.3) is 0 Å². The number of aliphatic hydroxyl groups excluding tert-OH is 1. The van der Waals surface area contributed by atoms with E-state index in [4.69, 9.17) is 4.74 Å². The number of carboxylic acid groups (broad SMARTS) is 1. The van der Waals surface area contributed by atoms with Crippen LogP contribution in [0.3, 0.4) is 0 Å². The van der Waals surface area contributed by atoms with Crippen molar-refractivity contribution in [2.24, 2.45) is 11.8 Å². The van der Waals surface area contributed by atoms with Gasteiger partial charge in [0.2, 0.25) is 11.8 Å². The molecule has 1 aromatic carbocycles. The van der Waals surface area contributed by atoms with Crippen LogP contribution in [0.4, 0.5) is 0 Å². The molecule has 4 N–H and O–H groups in total. The van der Waals surface area contributed by atoms with Crippen molar-refractivity contribution in [3.05, 3.63) is 51.5 Å². The number of hydrogen-bond acceptors (Lipinski definition) is 9. The lowest BCUT2D eigenvalue weighted by atomic mass is 9.80. The van der Waals surface area contributed by atoms with E-state index in [-0.39, 0.29) is 67.4 Å². The molecular formula is C37H55N5O7S. The summed E-state index contributed by atoms with van der Waals surface area (Å²) in [4.78, 5) is 61.4. The second-order valence-electron chi connectivity index (χ2n) is 14.2. The number of carboxylic acids is 1. The minimum Gasteiger partial charge on any atom is -0.481 e. The van der Waals surface area contributed by atoms with E-state index in [2.05, 4.69) is 20.5 Å². The molecule has 50 heavy (non-hydrogen) atoms. The first kappa shape index (κ1) is 39.4. The molecule has 1 fully saturated rings. The smallest absolute Gasteiger partial charge is 0.311 e. The van der Waals surface area contributed by atoms with Gasteiger partial charge in [-0.1, -0.05) is 64.8 Å². The van der Waals surface area contributed by atoms with E-state index in [1.165, 1.54) is 11.3 Å². The molecule has 1 aliphatic carbocycles. The van der Waals surface area contributed by atoms with Crippen LogP contribution in [0.15, 0.2) is 29.6 Å². The molecule has 1 aliphatic heterocycles. The fraction of sp³-hybridized carbons (Fsp3) is 0.649. The highest BCUT2D eigenvalue weighted by Crippen LogP contribution is 2.33. The Morgan fingerprint density at radius 3 is 2.56 bits per heavy atom. The summed E-state index contributed by atoms with van der Waals surface area (Å²) in [6, 6.07) is 5.60. The lowest BCUT2D eigenvalue weighted by Gasteiger charge is -2.39. The Morgan fingerprint density at radius 2 is 1.90 bits per heavy atom. The van der Waals surface area contributed by atoms with Crippen molar-refractivity contribution in [2.45, 2.75) is 109 Å². The first-order valence-electron chi connectivity index (χ1n) is 17.9. The molecule has 12 nitrogen and oxygen atoms in total. The van der Waals surface area contributed by atoms with E-state index in [1.54, 1.807) is 17.4 Å². The number of likely N-dealkylation sites (N-methyl/N-ethyl adjacent to an activating group) is 1. The Labute approximate surface area is 300 Å². The molecule has 0 radical (unpaired) electrons. The standard InChI is InChI=1S/C37H55N5O7S/c1-7-23(4)32(40-34(45)29-14-10-11-15-41(29)5)36(46)42(16-17-49-6)30(22(2)3)20-31(43)35-39-28(21-50-35)33(44)38-25-18-24-12-8-9-13-26(24)27(19-25)37(47)48/h8-9,12-13,21-23,25,27,29-32,43H,7,10-11,14-20H2,1-6H3,(H,38,44)(H,40,45)(H,47,48)/t23?,25-,27+,29?,30+,31+,32?/m0/s1. The van der Waals surface area contributed by atoms with Crippen LogP contribution in [-0.4, -0.2) is 107 Å². The fourth-order valence-corrected chi connectivity index (χ4v) is 8.00. The third-order valence-electron chi connectivity index (χ3n) is 10.4. The zero-order chi connectivity index (χ0) is 36.5. The Bertz CT molecular complexity index is 1470. The minimum atomic E-state index is -1.06. The number of aliphatic carboxylic acids is 1. The predicted octanol–water partition coefficient (Wildman–Crippen LogP) is 3.99. The van der Waals surface area contributed by atoms with Gasteiger partial charge >= 0.3 is 5.97 Å². The SMILES string of the molecule is CCC(C)C(NC(=O)C1CCCCN1C)C(=O)N(CCOC)[C@H](C[C@@H](O)c1nc(C(=O)N[C@H]2Cc3ccccc3[C@H](C(=O)O)C2)cs1)C(C)C. The van der Waals surface area contributed by atoms with Gasteiger partial charge in [0.25, 0.3) is 5.91 Å². The first-order chi connectivity index (χ1) is 23.9. The van der Waals surface area contributed by atoms with E-state index >= 15 is 0 Å². The highest BCUT2D eigenvalue weighted by molar-refractivity contribution is 7.09. The molecular weight excluding hydrogens is 659 g/mol. The number of hydrogen-bond donors (Lipinski definition) is 4. The number of carbonyl (C=O) groups is 4. The Hall–Kier alpha value is -3.39. The van der Waals surface area contributed by atoms with Crippen molar-refractivity contribution in [1.29, 1.82) is 0 Å². The largest absolute Gasteiger partial charge is 0.481 e. The van der Waals surface area contributed by atoms with Crippen molar-refractivity contribution >= 4 is 35.0 Å². The topological polar surface area (TPSA) is 161 Å². The van der Waals surface area contributed by atoms with Gasteiger partial charge in [0.1, 0.15) is 22.8 Å². The summed E-state index contributed by atoms with van der Waals surface area (Å²) in [5, 5.41) is 29.3. The van der Waals surface area contributed by atoms with E-state index < -0.39 is 36.0 Å². The van der Waals surface area contributed by atoms with Crippen molar-refractivity contribution in [1.82, 2.24) is 25.4 Å². The summed E-state index contributed by atoms with van der Waals surface area (Å²) < 4.78 is 5.39. The molecule has 2 aromatic rings. The zero-order valence-corrected chi connectivity index (χ0v) is 31.1. The Balaban J connectivity index is 1.48. The van der Waals surface area contributed by atoms with Gasteiger partial charge in [-0.15, -0.1) is 11.3 Å². The lowest BCUT2D eigenvalue weighted by Crippen LogP contribution is -2.59. The lowest BCUT2D eigenvalue weighted by molar-refractivity contribution is -0.143. The van der Waals surface area contributed by atoms with Crippen LogP contribution in [0.5, 0.6) is 0 Å². The molecule has 0 bridgehead atoms. The molecule has 3 amide bonds. The number of methoxy groups -OCH3 is 1. The number of rotatable bonds is 16. The van der Waals surface area contributed by atoms with Gasteiger partial charge in [0.15, 0.2) is 0 Å². The van der Waals surface area contributed by atoms with E-state index in [0.717, 1.165) is 36.9 Å². The van der Waals surface area contributed by atoms with Gasteiger partial charge in [-0.3, -0.25) is 24.1 Å². The van der Waals surface area contributed by atoms with Crippen LogP contribution in [-0.2, 0) is 25.5 Å². The van der Waals surface area contributed by atoms with Crippen molar-refractivity contribution in [2.75, 3.05) is 33.9 Å². The number of aromatic nitrogens is 1. The maximum Gasteiger partial charge on any atom is 0.311 e. The van der Waals surface area contributed by atoms with Crippen molar-refractivity contribution in [3.63, 3.8) is 0 Å². The number of aliphatic hydroxyl groups is 1. The summed E-state index contributed by atoms with van der Waals surface area (Å²) >= 11 is 1.17. The molecule has 2 aliphatic rings. The van der Waals surface area contributed by atoms with Gasteiger partial charge < -0.3 is 30.5 Å². The molecule has 0 saturated carbocycles. The van der Waals surface area contributed by atoms with Gasteiger partial charge in [0.05, 0.1) is 18.6 Å². The number of benzene rings is 1. The number of nitrogens with one attached hydrogen (secondary N) is 2. The summed E-state index contributed by atoms with van der Waals surface area (Å²) in [6.07, 6.45) is 3.37. The van der Waals surface area contributed by atoms with Crippen LogP contribution in [0, 0.1) is 11.8 Å². The third-order valence-corrected chi connectivity index (χ3v) is 11.3. The quantitative estimate of drug-likeness (QED) is 0.202. The fourth-order valence-electron chi connectivity index (χ4n) is 7.20. The molecule has 3 unspecified atom stereocenters. The first-order valence-corrected chi connectivity index (χ1v) is 18.8. The van der Waals surface area contributed by atoms with E-state index in [1.807, 2.05) is 59.0 Å². The predicted molar refractivity (Wildman–Crippen MR) is 192 cm³/mol. The van der Waals surface area contributed by atoms with E-state index in [0.29, 0.717) is 17.8 Å². The summed E-state index contributed by atoms with van der Waals surface area (Å²) in [7, 11) is 3.52. The number of amides is 3. The molecule has 4 rings (SSSR count). The molecule has 276 valence electrons. The Kier molecular flexibility index (Phi) is 14.3. The molecule has 7 atom stereocenters. The van der Waals surface area contributed by atoms with Gasteiger partial charge in [-0.05, 0) is 62.2 Å². The number of piperidine rings is 1. The Morgan fingerprint density at radius 1 is 1.16 bits per heavy atom. The number of ether oxygens (including phenoxy) is 1. The molecule has 2 heterocycles. The minimum absolute atomic E-state index is 0.0534. The highest BCUT2D eigenvalue weighted by atomic mass is 32.1. The van der Waals surface area contributed by atoms with Crippen molar-refractivity contribution in [3.8, 4) is 0 Å². The number of fused-ring (bicyclic) bond motifs is 1. The van der Waals surface area contributed by atoms with Crippen LogP contribution < -0.4 is 10.6 Å². The maximum absolute atomic E-state index is 14.4. The zero-order valence-electron chi connectivity index (χ0n) is 30.3. The second-order valence-corrected chi connectivity index (χ2v) is 15.1. The van der Waals surface area contributed by atoms with E-state index in [9.17, 15) is 29.4 Å².